The molecule has 0 aliphatic heterocycles. The number of nitrogen functional groups attached to an aromatic ring is 2. The Morgan fingerprint density at radius 3 is 2.76 bits per heavy atom. The summed E-state index contributed by atoms with van der Waals surface area (Å²) >= 11 is 1.38. The van der Waals surface area contributed by atoms with Gasteiger partial charge in [0.25, 0.3) is 0 Å². The minimum absolute atomic E-state index is 0.183. The molecule has 0 saturated heterocycles. The van der Waals surface area contributed by atoms with Gasteiger partial charge in [-0.15, -0.1) is 11.3 Å². The molecule has 25 heavy (non-hydrogen) atoms. The van der Waals surface area contributed by atoms with Crippen LogP contribution in [0.25, 0.3) is 20.8 Å². The monoisotopic (exact) mass is 364 g/mol. The van der Waals surface area contributed by atoms with Crippen LogP contribution in [0.3, 0.4) is 0 Å². The van der Waals surface area contributed by atoms with Gasteiger partial charge in [-0.05, 0) is 27.1 Å². The van der Waals surface area contributed by atoms with Gasteiger partial charge in [0.15, 0.2) is 17.4 Å². The first-order valence-corrected chi connectivity index (χ1v) is 8.63. The van der Waals surface area contributed by atoms with Gasteiger partial charge in [0.2, 0.25) is 0 Å². The summed E-state index contributed by atoms with van der Waals surface area (Å²) in [4.78, 5) is 6.56. The predicted octanol–water partition coefficient (Wildman–Crippen LogP) is 2.42. The number of nitrogens with two attached hydrogens (primary N) is 2. The number of aromatic nitrogens is 3. The van der Waals surface area contributed by atoms with Gasteiger partial charge in [-0.2, -0.15) is 5.10 Å². The topological polar surface area (TPSA) is 95.2 Å². The van der Waals surface area contributed by atoms with Crippen LogP contribution < -0.4 is 16.2 Å². The van der Waals surface area contributed by atoms with Crippen LogP contribution in [0.5, 0.6) is 5.75 Å². The molecule has 0 amide bonds. The Morgan fingerprint density at radius 1 is 1.32 bits per heavy atom. The van der Waals surface area contributed by atoms with Gasteiger partial charge in [-0.25, -0.2) is 14.1 Å². The van der Waals surface area contributed by atoms with Crippen LogP contribution in [0.2, 0.25) is 0 Å². The summed E-state index contributed by atoms with van der Waals surface area (Å²) in [5, 5.41) is 4.95. The smallest absolute Gasteiger partial charge is 0.167 e. The highest BCUT2D eigenvalue weighted by Crippen LogP contribution is 2.38. The van der Waals surface area contributed by atoms with E-state index in [1.807, 2.05) is 14.1 Å². The maximum absolute atomic E-state index is 13.9. The van der Waals surface area contributed by atoms with Gasteiger partial charge in [0.1, 0.15) is 10.8 Å². The number of hydrogen-bond acceptors (Lipinski definition) is 7. The van der Waals surface area contributed by atoms with E-state index < -0.39 is 5.82 Å². The third-order valence-corrected chi connectivity index (χ3v) is 4.91. The van der Waals surface area contributed by atoms with Crippen LogP contribution in [0.1, 0.15) is 6.42 Å². The zero-order chi connectivity index (χ0) is 18.1. The number of nitrogens with zero attached hydrogens (tertiary/aromatic N) is 4. The Morgan fingerprint density at radius 2 is 2.08 bits per heavy atom. The lowest BCUT2D eigenvalue weighted by Gasteiger charge is -2.09. The first-order chi connectivity index (χ1) is 11.9. The molecule has 4 N–H and O–H groups in total. The number of rotatable bonds is 6. The molecule has 3 aromatic rings. The fraction of sp³-hybridized carbons (Fsp3) is 0.375. The Hall–Kier alpha value is -2.39. The Bertz CT molecular complexity index is 904. The number of hydrogen-bond donors (Lipinski definition) is 2. The molecule has 0 aliphatic carbocycles. The van der Waals surface area contributed by atoms with Gasteiger partial charge in [0.05, 0.1) is 22.9 Å². The molecule has 3 rings (SSSR count). The molecule has 0 bridgehead atoms. The highest BCUT2D eigenvalue weighted by Gasteiger charge is 2.20. The van der Waals surface area contributed by atoms with E-state index >= 15 is 0 Å². The second kappa shape index (κ2) is 6.85. The number of halogens is 1. The summed E-state index contributed by atoms with van der Waals surface area (Å²) in [7, 11) is 5.46. The third-order valence-electron chi connectivity index (χ3n) is 3.87. The van der Waals surface area contributed by atoms with Crippen molar-refractivity contribution in [3.63, 3.8) is 0 Å². The number of anilines is 2. The minimum Gasteiger partial charge on any atom is -0.494 e. The van der Waals surface area contributed by atoms with Gasteiger partial charge in [-0.1, -0.05) is 0 Å². The highest BCUT2D eigenvalue weighted by atomic mass is 32.1. The standard InChI is InChI=1S/C16H21FN6OS/c1-22(2)5-4-6-23-15(19)13(14(18)21-23)16-20-10-7-9(17)11(24-3)8-12(10)25-16/h7-8H,4-6,19H2,1-3H3,(H2,18,21). The summed E-state index contributed by atoms with van der Waals surface area (Å²) in [6, 6.07) is 2.97. The van der Waals surface area contributed by atoms with Gasteiger partial charge < -0.3 is 21.1 Å². The number of benzene rings is 1. The van der Waals surface area contributed by atoms with Crippen LogP contribution in [0.4, 0.5) is 16.0 Å². The molecule has 0 unspecified atom stereocenters. The fourth-order valence-corrected chi connectivity index (χ4v) is 3.65. The SMILES string of the molecule is COc1cc2sc(-c3c(N)nn(CCCN(C)C)c3N)nc2cc1F. The first-order valence-electron chi connectivity index (χ1n) is 7.81. The van der Waals surface area contributed by atoms with Crippen LogP contribution >= 0.6 is 11.3 Å². The minimum atomic E-state index is -0.452. The molecule has 134 valence electrons. The van der Waals surface area contributed by atoms with E-state index in [1.54, 1.807) is 10.7 Å². The van der Waals surface area contributed by atoms with Crippen LogP contribution in [-0.2, 0) is 6.54 Å². The zero-order valence-corrected chi connectivity index (χ0v) is 15.2. The van der Waals surface area contributed by atoms with E-state index in [-0.39, 0.29) is 5.75 Å². The summed E-state index contributed by atoms with van der Waals surface area (Å²) < 4.78 is 21.4. The number of ether oxygens (including phenoxy) is 1. The maximum atomic E-state index is 13.9. The zero-order valence-electron chi connectivity index (χ0n) is 14.4. The maximum Gasteiger partial charge on any atom is 0.167 e. The summed E-state index contributed by atoms with van der Waals surface area (Å²) in [6.07, 6.45) is 0.903. The lowest BCUT2D eigenvalue weighted by Crippen LogP contribution is -2.16. The van der Waals surface area contributed by atoms with Crippen molar-refractivity contribution in [2.24, 2.45) is 0 Å². The van der Waals surface area contributed by atoms with Crippen molar-refractivity contribution >= 4 is 33.2 Å². The van der Waals surface area contributed by atoms with Crippen molar-refractivity contribution in [2.75, 3.05) is 39.2 Å². The van der Waals surface area contributed by atoms with E-state index in [0.29, 0.717) is 34.3 Å². The summed E-state index contributed by atoms with van der Waals surface area (Å²) in [6.45, 7) is 1.59. The molecule has 0 aliphatic rings. The van der Waals surface area contributed by atoms with Crippen molar-refractivity contribution in [1.29, 1.82) is 0 Å². The second-order valence-corrected chi connectivity index (χ2v) is 7.03. The Labute approximate surface area is 149 Å². The van der Waals surface area contributed by atoms with E-state index in [1.165, 1.54) is 24.5 Å². The number of aryl methyl sites for hydroxylation is 1. The predicted molar refractivity (Wildman–Crippen MR) is 99.3 cm³/mol. The number of thiazole rings is 1. The fourth-order valence-electron chi connectivity index (χ4n) is 2.61. The van der Waals surface area contributed by atoms with Gasteiger partial charge in [0, 0.05) is 18.7 Å². The number of fused-ring (bicyclic) bond motifs is 1. The molecule has 1 aromatic carbocycles. The highest BCUT2D eigenvalue weighted by molar-refractivity contribution is 7.21. The van der Waals surface area contributed by atoms with Crippen molar-refractivity contribution < 1.29 is 9.13 Å². The van der Waals surface area contributed by atoms with Crippen LogP contribution in [0.15, 0.2) is 12.1 Å². The van der Waals surface area contributed by atoms with Crippen LogP contribution in [0, 0.1) is 5.82 Å². The molecule has 9 heteroatoms. The van der Waals surface area contributed by atoms with Gasteiger partial charge >= 0.3 is 0 Å². The van der Waals surface area contributed by atoms with Gasteiger partial charge in [-0.3, -0.25) is 0 Å². The van der Waals surface area contributed by atoms with E-state index in [9.17, 15) is 4.39 Å². The van der Waals surface area contributed by atoms with Crippen LogP contribution in [-0.4, -0.2) is 47.4 Å². The molecule has 7 nitrogen and oxygen atoms in total. The second-order valence-electron chi connectivity index (χ2n) is 6.00. The van der Waals surface area contributed by atoms with E-state index in [4.69, 9.17) is 16.2 Å². The normalized spacial score (nSPS) is 11.6. The lowest BCUT2D eigenvalue weighted by atomic mass is 10.3. The van der Waals surface area contributed by atoms with E-state index in [0.717, 1.165) is 17.7 Å². The molecule has 0 spiro atoms. The Kier molecular flexibility index (Phi) is 4.78. The van der Waals surface area contributed by atoms with Crippen molar-refractivity contribution in [3.05, 3.63) is 17.9 Å². The average molecular weight is 364 g/mol. The summed E-state index contributed by atoms with van der Waals surface area (Å²) in [5.41, 5.74) is 13.4. The van der Waals surface area contributed by atoms with Crippen molar-refractivity contribution in [1.82, 2.24) is 19.7 Å². The molecular weight excluding hydrogens is 343 g/mol. The molecule has 2 heterocycles. The van der Waals surface area contributed by atoms with Crippen molar-refractivity contribution in [3.8, 4) is 16.3 Å². The molecular formula is C16H21FN6OS. The molecule has 0 atom stereocenters. The molecule has 0 radical (unpaired) electrons. The largest absolute Gasteiger partial charge is 0.494 e. The molecule has 0 fully saturated rings. The van der Waals surface area contributed by atoms with E-state index in [2.05, 4.69) is 15.0 Å². The summed E-state index contributed by atoms with van der Waals surface area (Å²) in [5.74, 6) is 0.534. The van der Waals surface area contributed by atoms with Crippen molar-refractivity contribution in [2.45, 2.75) is 13.0 Å². The Balaban J connectivity index is 1.96. The quantitative estimate of drug-likeness (QED) is 0.697. The molecule has 0 saturated carbocycles. The average Bonchev–Trinajstić information content (AvgIpc) is 3.06. The lowest BCUT2D eigenvalue weighted by molar-refractivity contribution is 0.382. The number of methoxy groups -OCH3 is 1. The molecule has 2 aromatic heterocycles. The third kappa shape index (κ3) is 3.38. The first kappa shape index (κ1) is 17.4.